The van der Waals surface area contributed by atoms with Crippen LogP contribution >= 0.6 is 0 Å². The third kappa shape index (κ3) is 7.46. The van der Waals surface area contributed by atoms with Crippen molar-refractivity contribution in [1.29, 1.82) is 0 Å². The number of hydrogen-bond acceptors (Lipinski definition) is 4. The Bertz CT molecular complexity index is 167. The zero-order chi connectivity index (χ0) is 10.4. The molecular weight excluding hydrogens is 170 g/mol. The standard InChI is InChI=1S/C9H17NO3/c1-7(2)13-9(12)5-8(11)6-10(3)4/h7H,5-6H2,1-4H3. The van der Waals surface area contributed by atoms with E-state index < -0.39 is 5.97 Å². The highest BCUT2D eigenvalue weighted by Gasteiger charge is 2.12. The van der Waals surface area contributed by atoms with Gasteiger partial charge in [-0.05, 0) is 27.9 Å². The van der Waals surface area contributed by atoms with E-state index in [4.69, 9.17) is 4.74 Å². The zero-order valence-corrected chi connectivity index (χ0v) is 8.66. The Morgan fingerprint density at radius 1 is 1.31 bits per heavy atom. The monoisotopic (exact) mass is 187 g/mol. The van der Waals surface area contributed by atoms with Crippen LogP contribution in [0.4, 0.5) is 0 Å². The first kappa shape index (κ1) is 12.1. The molecule has 0 aromatic rings. The molecule has 0 rings (SSSR count). The molecule has 0 aliphatic heterocycles. The number of ketones is 1. The quantitative estimate of drug-likeness (QED) is 0.463. The van der Waals surface area contributed by atoms with Crippen LogP contribution in [0.5, 0.6) is 0 Å². The Kier molecular flexibility index (Phi) is 5.30. The molecule has 0 atom stereocenters. The molecular formula is C9H17NO3. The van der Waals surface area contributed by atoms with E-state index in [0.29, 0.717) is 0 Å². The van der Waals surface area contributed by atoms with Crippen molar-refractivity contribution in [1.82, 2.24) is 4.90 Å². The third-order valence-corrected chi connectivity index (χ3v) is 1.20. The SMILES string of the molecule is CC(C)OC(=O)CC(=O)CN(C)C. The molecule has 0 saturated heterocycles. The Morgan fingerprint density at radius 3 is 2.23 bits per heavy atom. The van der Waals surface area contributed by atoms with Crippen molar-refractivity contribution in [3.8, 4) is 0 Å². The van der Waals surface area contributed by atoms with E-state index in [1.54, 1.807) is 32.8 Å². The lowest BCUT2D eigenvalue weighted by atomic mass is 10.3. The largest absolute Gasteiger partial charge is 0.463 e. The van der Waals surface area contributed by atoms with Gasteiger partial charge in [-0.3, -0.25) is 9.59 Å². The number of nitrogens with zero attached hydrogens (tertiary/aromatic N) is 1. The van der Waals surface area contributed by atoms with Crippen molar-refractivity contribution >= 4 is 11.8 Å². The summed E-state index contributed by atoms with van der Waals surface area (Å²) in [4.78, 5) is 23.8. The van der Waals surface area contributed by atoms with E-state index in [2.05, 4.69) is 0 Å². The topological polar surface area (TPSA) is 46.6 Å². The van der Waals surface area contributed by atoms with E-state index in [1.165, 1.54) is 0 Å². The fraction of sp³-hybridized carbons (Fsp3) is 0.778. The predicted molar refractivity (Wildman–Crippen MR) is 49.4 cm³/mol. The Labute approximate surface area is 78.9 Å². The van der Waals surface area contributed by atoms with Crippen LogP contribution in [-0.2, 0) is 14.3 Å². The summed E-state index contributed by atoms with van der Waals surface area (Å²) in [7, 11) is 3.57. The van der Waals surface area contributed by atoms with Crippen molar-refractivity contribution in [3.63, 3.8) is 0 Å². The molecule has 0 aromatic carbocycles. The average molecular weight is 187 g/mol. The smallest absolute Gasteiger partial charge is 0.313 e. The van der Waals surface area contributed by atoms with E-state index >= 15 is 0 Å². The maximum absolute atomic E-state index is 11.1. The van der Waals surface area contributed by atoms with Crippen LogP contribution in [0.2, 0.25) is 0 Å². The molecule has 0 unspecified atom stereocenters. The van der Waals surface area contributed by atoms with Crippen molar-refractivity contribution in [2.75, 3.05) is 20.6 Å². The molecule has 4 nitrogen and oxygen atoms in total. The van der Waals surface area contributed by atoms with Gasteiger partial charge in [0.2, 0.25) is 0 Å². The molecule has 0 amide bonds. The van der Waals surface area contributed by atoms with Crippen LogP contribution in [0.3, 0.4) is 0 Å². The number of carbonyl (C=O) groups excluding carboxylic acids is 2. The van der Waals surface area contributed by atoms with E-state index in [1.807, 2.05) is 0 Å². The predicted octanol–water partition coefficient (Wildman–Crippen LogP) is 0.459. The Balaban J connectivity index is 3.72. The summed E-state index contributed by atoms with van der Waals surface area (Å²) < 4.78 is 4.82. The molecule has 0 bridgehead atoms. The van der Waals surface area contributed by atoms with Crippen molar-refractivity contribution in [2.24, 2.45) is 0 Å². The maximum Gasteiger partial charge on any atom is 0.313 e. The summed E-state index contributed by atoms with van der Waals surface area (Å²) in [6.45, 7) is 3.80. The highest BCUT2D eigenvalue weighted by molar-refractivity contribution is 5.96. The summed E-state index contributed by atoms with van der Waals surface area (Å²) >= 11 is 0. The molecule has 76 valence electrons. The van der Waals surface area contributed by atoms with Gasteiger partial charge >= 0.3 is 5.97 Å². The molecule has 0 saturated carbocycles. The lowest BCUT2D eigenvalue weighted by Crippen LogP contribution is -2.25. The van der Waals surface area contributed by atoms with Gasteiger partial charge in [-0.15, -0.1) is 0 Å². The summed E-state index contributed by atoms with van der Waals surface area (Å²) in [5.41, 5.74) is 0. The molecule has 13 heavy (non-hydrogen) atoms. The first-order valence-corrected chi connectivity index (χ1v) is 4.27. The average Bonchev–Trinajstić information content (AvgIpc) is 1.80. The van der Waals surface area contributed by atoms with Gasteiger partial charge in [0.05, 0.1) is 12.6 Å². The minimum absolute atomic E-state index is 0.115. The summed E-state index contributed by atoms with van der Waals surface area (Å²) in [5.74, 6) is -0.558. The number of rotatable bonds is 5. The highest BCUT2D eigenvalue weighted by atomic mass is 16.5. The number of ether oxygens (including phenoxy) is 1. The maximum atomic E-state index is 11.1. The van der Waals surface area contributed by atoms with Crippen LogP contribution in [0, 0.1) is 0 Å². The van der Waals surface area contributed by atoms with Crippen LogP contribution in [-0.4, -0.2) is 43.4 Å². The van der Waals surface area contributed by atoms with Crippen molar-refractivity contribution in [2.45, 2.75) is 26.4 Å². The summed E-state index contributed by atoms with van der Waals surface area (Å²) in [6, 6.07) is 0. The van der Waals surface area contributed by atoms with Gasteiger partial charge < -0.3 is 9.64 Å². The molecule has 0 heterocycles. The summed E-state index contributed by atoms with van der Waals surface area (Å²) in [5, 5.41) is 0. The van der Waals surface area contributed by atoms with Gasteiger partial charge in [-0.2, -0.15) is 0 Å². The minimum atomic E-state index is -0.443. The second-order valence-corrected chi connectivity index (χ2v) is 3.49. The second-order valence-electron chi connectivity index (χ2n) is 3.49. The van der Waals surface area contributed by atoms with Gasteiger partial charge in [0, 0.05) is 0 Å². The van der Waals surface area contributed by atoms with Crippen molar-refractivity contribution in [3.05, 3.63) is 0 Å². The second kappa shape index (κ2) is 5.70. The normalized spacial score (nSPS) is 10.6. The molecule has 0 aliphatic rings. The number of Topliss-reactive ketones (excluding diaryl/α,β-unsaturated/α-hetero) is 1. The molecule has 0 aliphatic carbocycles. The van der Waals surface area contributed by atoms with Crippen LogP contribution < -0.4 is 0 Å². The lowest BCUT2D eigenvalue weighted by molar-refractivity contribution is -0.149. The fourth-order valence-corrected chi connectivity index (χ4v) is 0.874. The van der Waals surface area contributed by atoms with Gasteiger partial charge in [-0.1, -0.05) is 0 Å². The van der Waals surface area contributed by atoms with Gasteiger partial charge in [-0.25, -0.2) is 0 Å². The van der Waals surface area contributed by atoms with Gasteiger partial charge in [0.15, 0.2) is 5.78 Å². The van der Waals surface area contributed by atoms with Crippen LogP contribution in [0.1, 0.15) is 20.3 Å². The molecule has 0 fully saturated rings. The van der Waals surface area contributed by atoms with E-state index in [0.717, 1.165) is 0 Å². The molecule has 0 spiro atoms. The fourth-order valence-electron chi connectivity index (χ4n) is 0.874. The third-order valence-electron chi connectivity index (χ3n) is 1.20. The lowest BCUT2D eigenvalue weighted by Gasteiger charge is -2.09. The molecule has 0 radical (unpaired) electrons. The van der Waals surface area contributed by atoms with E-state index in [9.17, 15) is 9.59 Å². The first-order chi connectivity index (χ1) is 5.91. The van der Waals surface area contributed by atoms with Crippen LogP contribution in [0.25, 0.3) is 0 Å². The van der Waals surface area contributed by atoms with Crippen LogP contribution in [0.15, 0.2) is 0 Å². The number of carbonyl (C=O) groups is 2. The Morgan fingerprint density at radius 2 is 1.85 bits per heavy atom. The van der Waals surface area contributed by atoms with Gasteiger partial charge in [0.1, 0.15) is 6.42 Å². The number of esters is 1. The number of hydrogen-bond donors (Lipinski definition) is 0. The highest BCUT2D eigenvalue weighted by Crippen LogP contribution is 1.94. The van der Waals surface area contributed by atoms with Crippen molar-refractivity contribution < 1.29 is 14.3 Å². The minimum Gasteiger partial charge on any atom is -0.463 e. The Hall–Kier alpha value is -0.900. The number of likely N-dealkylation sites (N-methyl/N-ethyl adjacent to an activating group) is 1. The zero-order valence-electron chi connectivity index (χ0n) is 8.66. The summed E-state index contributed by atoms with van der Waals surface area (Å²) in [6.07, 6.45) is -0.282. The molecule has 4 heteroatoms. The van der Waals surface area contributed by atoms with Gasteiger partial charge in [0.25, 0.3) is 0 Å². The van der Waals surface area contributed by atoms with E-state index in [-0.39, 0.29) is 24.9 Å². The molecule has 0 N–H and O–H groups in total. The molecule has 0 aromatic heterocycles. The first-order valence-electron chi connectivity index (χ1n) is 4.27.